The van der Waals surface area contributed by atoms with E-state index in [9.17, 15) is 0 Å². The van der Waals surface area contributed by atoms with Crippen molar-refractivity contribution in [2.24, 2.45) is 17.2 Å². The van der Waals surface area contributed by atoms with Crippen molar-refractivity contribution in [3.8, 4) is 5.75 Å². The summed E-state index contributed by atoms with van der Waals surface area (Å²) in [7, 11) is 1.67. The maximum Gasteiger partial charge on any atom is 0.123 e. The normalized spacial score (nSPS) is 14.9. The van der Waals surface area contributed by atoms with Crippen LogP contribution in [0.25, 0.3) is 0 Å². The lowest BCUT2D eigenvalue weighted by Crippen LogP contribution is -2.30. The van der Waals surface area contributed by atoms with Gasteiger partial charge in [0, 0.05) is 16.6 Å². The highest BCUT2D eigenvalue weighted by Crippen LogP contribution is 2.34. The van der Waals surface area contributed by atoms with Crippen LogP contribution in [0.15, 0.2) is 18.2 Å². The first kappa shape index (κ1) is 17.3. The van der Waals surface area contributed by atoms with Gasteiger partial charge in [-0.1, -0.05) is 39.3 Å². The van der Waals surface area contributed by atoms with Crippen LogP contribution in [0, 0.1) is 11.3 Å². The summed E-state index contributed by atoms with van der Waals surface area (Å²) in [5.41, 5.74) is 4.23. The molecule has 0 aromatic heterocycles. The van der Waals surface area contributed by atoms with Crippen LogP contribution in [0.2, 0.25) is 5.02 Å². The van der Waals surface area contributed by atoms with E-state index >= 15 is 0 Å². The van der Waals surface area contributed by atoms with Gasteiger partial charge >= 0.3 is 0 Å². The minimum absolute atomic E-state index is 0.0426. The first-order chi connectivity index (χ1) is 9.26. The summed E-state index contributed by atoms with van der Waals surface area (Å²) in [6.07, 6.45) is 2.10. The Labute approximate surface area is 127 Å². The molecule has 1 aromatic rings. The quantitative estimate of drug-likeness (QED) is 0.607. The Morgan fingerprint density at radius 3 is 2.50 bits per heavy atom. The molecule has 0 heterocycles. The van der Waals surface area contributed by atoms with Gasteiger partial charge in [0.2, 0.25) is 0 Å². The van der Waals surface area contributed by atoms with Crippen LogP contribution in [0.1, 0.15) is 52.1 Å². The fourth-order valence-electron chi connectivity index (χ4n) is 2.79. The fourth-order valence-corrected chi connectivity index (χ4v) is 2.97. The molecular formula is C16H27ClN2O. The zero-order valence-electron chi connectivity index (χ0n) is 13.2. The van der Waals surface area contributed by atoms with E-state index in [0.717, 1.165) is 24.2 Å². The van der Waals surface area contributed by atoms with Crippen LogP contribution in [0.5, 0.6) is 5.75 Å². The zero-order valence-corrected chi connectivity index (χ0v) is 13.9. The zero-order chi connectivity index (χ0) is 15.3. The predicted molar refractivity (Wildman–Crippen MR) is 85.9 cm³/mol. The van der Waals surface area contributed by atoms with Crippen LogP contribution < -0.4 is 16.0 Å². The fraction of sp³-hybridized carbons (Fsp3) is 0.625. The Morgan fingerprint density at radius 1 is 1.35 bits per heavy atom. The van der Waals surface area contributed by atoms with Crippen molar-refractivity contribution in [1.82, 2.24) is 5.43 Å². The van der Waals surface area contributed by atoms with Crippen molar-refractivity contribution in [2.45, 2.75) is 46.6 Å². The van der Waals surface area contributed by atoms with Gasteiger partial charge < -0.3 is 4.74 Å². The number of rotatable bonds is 6. The molecule has 0 saturated carbocycles. The predicted octanol–water partition coefficient (Wildman–Crippen LogP) is 4.32. The molecular weight excluding hydrogens is 272 g/mol. The van der Waals surface area contributed by atoms with Gasteiger partial charge in [-0.3, -0.25) is 11.3 Å². The Kier molecular flexibility index (Phi) is 6.31. The minimum Gasteiger partial charge on any atom is -0.496 e. The number of benzene rings is 1. The number of methoxy groups -OCH3 is 1. The summed E-state index contributed by atoms with van der Waals surface area (Å²) >= 11 is 6.09. The average molecular weight is 299 g/mol. The van der Waals surface area contributed by atoms with E-state index in [1.165, 1.54) is 0 Å². The molecule has 0 bridgehead atoms. The monoisotopic (exact) mass is 298 g/mol. The van der Waals surface area contributed by atoms with Crippen molar-refractivity contribution in [3.05, 3.63) is 28.8 Å². The van der Waals surface area contributed by atoms with Gasteiger partial charge in [0.25, 0.3) is 0 Å². The number of hydrogen-bond acceptors (Lipinski definition) is 3. The molecule has 2 atom stereocenters. The van der Waals surface area contributed by atoms with Gasteiger partial charge in [-0.2, -0.15) is 0 Å². The Balaban J connectivity index is 2.88. The molecule has 2 unspecified atom stereocenters. The summed E-state index contributed by atoms with van der Waals surface area (Å²) in [6.45, 7) is 9.03. The van der Waals surface area contributed by atoms with Crippen molar-refractivity contribution < 1.29 is 4.74 Å². The molecule has 0 saturated heterocycles. The van der Waals surface area contributed by atoms with Crippen LogP contribution in [-0.4, -0.2) is 7.11 Å². The van der Waals surface area contributed by atoms with E-state index in [1.54, 1.807) is 7.11 Å². The van der Waals surface area contributed by atoms with E-state index < -0.39 is 0 Å². The van der Waals surface area contributed by atoms with Crippen molar-refractivity contribution >= 4 is 11.6 Å². The summed E-state index contributed by atoms with van der Waals surface area (Å²) < 4.78 is 5.41. The lowest BCUT2D eigenvalue weighted by Gasteiger charge is -2.27. The van der Waals surface area contributed by atoms with Crippen LogP contribution in [0.4, 0.5) is 0 Å². The lowest BCUT2D eigenvalue weighted by molar-refractivity contribution is 0.274. The van der Waals surface area contributed by atoms with E-state index in [2.05, 4.69) is 33.1 Å². The van der Waals surface area contributed by atoms with Crippen LogP contribution in [-0.2, 0) is 0 Å². The van der Waals surface area contributed by atoms with Gasteiger partial charge in [-0.05, 0) is 42.4 Å². The molecule has 3 N–H and O–H groups in total. The third-order valence-corrected chi connectivity index (χ3v) is 3.60. The van der Waals surface area contributed by atoms with Gasteiger partial charge in [0.1, 0.15) is 5.75 Å². The van der Waals surface area contributed by atoms with Crippen LogP contribution in [0.3, 0.4) is 0 Å². The van der Waals surface area contributed by atoms with Gasteiger partial charge in [0.15, 0.2) is 0 Å². The van der Waals surface area contributed by atoms with E-state index in [4.69, 9.17) is 22.2 Å². The summed E-state index contributed by atoms with van der Waals surface area (Å²) in [6, 6.07) is 5.68. The second-order valence-electron chi connectivity index (χ2n) is 6.71. The van der Waals surface area contributed by atoms with E-state index in [-0.39, 0.29) is 6.04 Å². The molecule has 0 aliphatic rings. The molecule has 0 radical (unpaired) electrons. The van der Waals surface area contributed by atoms with Gasteiger partial charge in [-0.15, -0.1) is 0 Å². The molecule has 0 fully saturated rings. The molecule has 4 heteroatoms. The second kappa shape index (κ2) is 7.30. The van der Waals surface area contributed by atoms with Gasteiger partial charge in [-0.25, -0.2) is 0 Å². The number of ether oxygens (including phenoxy) is 1. The summed E-state index contributed by atoms with van der Waals surface area (Å²) in [5.74, 6) is 7.12. The Bertz CT molecular complexity index is 429. The molecule has 1 rings (SSSR count). The molecule has 0 aliphatic carbocycles. The highest BCUT2D eigenvalue weighted by Gasteiger charge is 2.21. The largest absolute Gasteiger partial charge is 0.496 e. The number of hydrogen-bond donors (Lipinski definition) is 2. The molecule has 0 amide bonds. The number of nitrogens with one attached hydrogen (secondary N) is 1. The highest BCUT2D eigenvalue weighted by molar-refractivity contribution is 6.30. The number of nitrogens with two attached hydrogens (primary N) is 1. The standard InChI is InChI=1S/C16H27ClN2O/c1-11(10-16(2,3)4)8-14(19-18)13-9-12(17)6-7-15(13)20-5/h6-7,9,11,14,19H,8,10,18H2,1-5H3. The molecule has 0 aliphatic heterocycles. The maximum atomic E-state index is 6.09. The Morgan fingerprint density at radius 2 is 2.00 bits per heavy atom. The first-order valence-corrected chi connectivity index (χ1v) is 7.44. The molecule has 0 spiro atoms. The lowest BCUT2D eigenvalue weighted by atomic mass is 9.82. The SMILES string of the molecule is COc1ccc(Cl)cc1C(CC(C)CC(C)(C)C)NN. The average Bonchev–Trinajstić information content (AvgIpc) is 2.33. The third-order valence-electron chi connectivity index (χ3n) is 3.37. The van der Waals surface area contributed by atoms with Crippen LogP contribution >= 0.6 is 11.6 Å². The van der Waals surface area contributed by atoms with Crippen molar-refractivity contribution in [2.75, 3.05) is 7.11 Å². The van der Waals surface area contributed by atoms with Crippen molar-refractivity contribution in [3.63, 3.8) is 0 Å². The van der Waals surface area contributed by atoms with Crippen molar-refractivity contribution in [1.29, 1.82) is 0 Å². The molecule has 114 valence electrons. The third kappa shape index (κ3) is 5.31. The number of hydrazine groups is 1. The smallest absolute Gasteiger partial charge is 0.123 e. The van der Waals surface area contributed by atoms with Gasteiger partial charge in [0.05, 0.1) is 7.11 Å². The molecule has 3 nitrogen and oxygen atoms in total. The topological polar surface area (TPSA) is 47.3 Å². The summed E-state index contributed by atoms with van der Waals surface area (Å²) in [4.78, 5) is 0. The summed E-state index contributed by atoms with van der Waals surface area (Å²) in [5, 5.41) is 0.699. The van der Waals surface area contributed by atoms with E-state index in [1.807, 2.05) is 18.2 Å². The number of halogens is 1. The molecule has 20 heavy (non-hydrogen) atoms. The molecule has 1 aromatic carbocycles. The highest BCUT2D eigenvalue weighted by atomic mass is 35.5. The Hall–Kier alpha value is -0.770. The maximum absolute atomic E-state index is 6.09. The second-order valence-corrected chi connectivity index (χ2v) is 7.15. The first-order valence-electron chi connectivity index (χ1n) is 7.06. The minimum atomic E-state index is 0.0426. The van der Waals surface area contributed by atoms with E-state index in [0.29, 0.717) is 16.4 Å².